The third kappa shape index (κ3) is 3.70. The van der Waals surface area contributed by atoms with Crippen LogP contribution in [0.3, 0.4) is 0 Å². The maximum atomic E-state index is 5.98. The van der Waals surface area contributed by atoms with Crippen molar-refractivity contribution in [2.24, 2.45) is 0 Å². The minimum absolute atomic E-state index is 0.106. The minimum Gasteiger partial charge on any atom is -0.486 e. The molecule has 7 nitrogen and oxygen atoms in total. The summed E-state index contributed by atoms with van der Waals surface area (Å²) in [6, 6.07) is 16.6. The van der Waals surface area contributed by atoms with Gasteiger partial charge >= 0.3 is 0 Å². The Morgan fingerprint density at radius 2 is 1.84 bits per heavy atom. The number of hydrogen-bond donors (Lipinski definition) is 1. The fraction of sp³-hybridized carbons (Fsp3) is 0.208. The highest BCUT2D eigenvalue weighted by Gasteiger charge is 2.29. The van der Waals surface area contributed by atoms with Gasteiger partial charge in [-0.3, -0.25) is 0 Å². The molecule has 0 aliphatic carbocycles. The summed E-state index contributed by atoms with van der Waals surface area (Å²) >= 11 is 0. The zero-order valence-electron chi connectivity index (χ0n) is 17.8. The lowest BCUT2D eigenvalue weighted by molar-refractivity contribution is 0.264. The lowest BCUT2D eigenvalue weighted by atomic mass is 10.00. The Kier molecular flexibility index (Phi) is 4.78. The fourth-order valence-electron chi connectivity index (χ4n) is 3.87. The lowest BCUT2D eigenvalue weighted by Gasteiger charge is -2.35. The van der Waals surface area contributed by atoms with E-state index in [0.29, 0.717) is 18.3 Å². The largest absolute Gasteiger partial charge is 0.486 e. The van der Waals surface area contributed by atoms with E-state index in [9.17, 15) is 0 Å². The predicted molar refractivity (Wildman–Crippen MR) is 121 cm³/mol. The van der Waals surface area contributed by atoms with Gasteiger partial charge in [0.1, 0.15) is 6.61 Å². The van der Waals surface area contributed by atoms with Crippen molar-refractivity contribution in [3.63, 3.8) is 0 Å². The highest BCUT2D eigenvalue weighted by Crippen LogP contribution is 2.37. The fourth-order valence-corrected chi connectivity index (χ4v) is 3.87. The van der Waals surface area contributed by atoms with Crippen molar-refractivity contribution in [2.45, 2.75) is 19.9 Å². The molecule has 2 aromatic heterocycles. The van der Waals surface area contributed by atoms with Crippen molar-refractivity contribution in [1.82, 2.24) is 19.5 Å². The second-order valence-electron chi connectivity index (χ2n) is 7.77. The first-order valence-corrected chi connectivity index (χ1v) is 10.2. The van der Waals surface area contributed by atoms with Gasteiger partial charge in [-0.05, 0) is 49.2 Å². The maximum absolute atomic E-state index is 5.98. The summed E-state index contributed by atoms with van der Waals surface area (Å²) < 4.78 is 7.98. The predicted octanol–water partition coefficient (Wildman–Crippen LogP) is 4.59. The van der Waals surface area contributed by atoms with Crippen molar-refractivity contribution < 1.29 is 4.74 Å². The number of hydrogen-bond acceptors (Lipinski definition) is 6. The maximum Gasteiger partial charge on any atom is 0.229 e. The zero-order chi connectivity index (χ0) is 21.4. The molecule has 1 atom stereocenters. The van der Waals surface area contributed by atoms with Gasteiger partial charge in [-0.25, -0.2) is 9.97 Å². The Balaban J connectivity index is 1.37. The number of aromatic nitrogens is 4. The number of fused-ring (bicyclic) bond motifs is 1. The van der Waals surface area contributed by atoms with Crippen LogP contribution in [0.4, 0.5) is 17.5 Å². The molecule has 1 aliphatic heterocycles. The Labute approximate surface area is 181 Å². The highest BCUT2D eigenvalue weighted by atomic mass is 16.5. The monoisotopic (exact) mass is 412 g/mol. The molecule has 0 bridgehead atoms. The number of benzene rings is 2. The summed E-state index contributed by atoms with van der Waals surface area (Å²) in [5, 5.41) is 3.30. The molecule has 3 heterocycles. The first-order valence-electron chi connectivity index (χ1n) is 10.2. The summed E-state index contributed by atoms with van der Waals surface area (Å²) in [4.78, 5) is 15.6. The average Bonchev–Trinajstić information content (AvgIpc) is 3.22. The van der Waals surface area contributed by atoms with Crippen LogP contribution in [0.15, 0.2) is 67.3 Å². The number of imidazole rings is 1. The van der Waals surface area contributed by atoms with Gasteiger partial charge in [-0.15, -0.1) is 0 Å². The first-order chi connectivity index (χ1) is 15.1. The van der Waals surface area contributed by atoms with Crippen LogP contribution in [0.2, 0.25) is 0 Å². The van der Waals surface area contributed by atoms with E-state index >= 15 is 0 Å². The van der Waals surface area contributed by atoms with Crippen LogP contribution in [0.5, 0.6) is 5.75 Å². The minimum atomic E-state index is 0.106. The van der Waals surface area contributed by atoms with Crippen molar-refractivity contribution in [3.05, 3.63) is 84.1 Å². The topological polar surface area (TPSA) is 68.1 Å². The number of nitrogens with zero attached hydrogens (tertiary/aromatic N) is 5. The van der Waals surface area contributed by atoms with Crippen LogP contribution in [0.25, 0.3) is 5.69 Å². The highest BCUT2D eigenvalue weighted by molar-refractivity contribution is 5.61. The quantitative estimate of drug-likeness (QED) is 0.529. The number of rotatable bonds is 4. The molecular weight excluding hydrogens is 388 g/mol. The standard InChI is InChI=1S/C24H24N6O/c1-16-6-4-5-7-20(16)21-14-31-22-12-25-24(28-23(22)29(21)3)27-18-8-10-19(11-9-18)30-13-17(2)26-15-30/h4-13,15,21H,14H2,1-3H3,(H,25,27,28). The van der Waals surface area contributed by atoms with Crippen LogP contribution in [-0.2, 0) is 0 Å². The molecule has 0 saturated heterocycles. The summed E-state index contributed by atoms with van der Waals surface area (Å²) in [6.07, 6.45) is 5.54. The molecule has 156 valence electrons. The molecule has 2 aromatic carbocycles. The molecule has 1 N–H and O–H groups in total. The van der Waals surface area contributed by atoms with Crippen molar-refractivity contribution in [2.75, 3.05) is 23.9 Å². The molecule has 1 unspecified atom stereocenters. The van der Waals surface area contributed by atoms with E-state index in [-0.39, 0.29) is 6.04 Å². The Hall–Kier alpha value is -3.87. The molecule has 0 spiro atoms. The smallest absolute Gasteiger partial charge is 0.229 e. The Morgan fingerprint density at radius 3 is 2.58 bits per heavy atom. The summed E-state index contributed by atoms with van der Waals surface area (Å²) in [5.74, 6) is 2.01. The van der Waals surface area contributed by atoms with Gasteiger partial charge in [0.15, 0.2) is 11.6 Å². The first kappa shape index (κ1) is 19.1. The number of aryl methyl sites for hydroxylation is 2. The molecule has 5 rings (SSSR count). The van der Waals surface area contributed by atoms with Crippen LogP contribution >= 0.6 is 0 Å². The van der Waals surface area contributed by atoms with E-state index in [1.807, 2.05) is 48.3 Å². The molecule has 7 heteroatoms. The van der Waals surface area contributed by atoms with E-state index in [1.165, 1.54) is 11.1 Å². The normalized spacial score (nSPS) is 15.3. The van der Waals surface area contributed by atoms with Gasteiger partial charge in [0.05, 0.1) is 24.3 Å². The van der Waals surface area contributed by atoms with Gasteiger partial charge in [0.2, 0.25) is 5.95 Å². The number of anilines is 3. The molecule has 0 amide bonds. The SMILES string of the molecule is Cc1cn(-c2ccc(Nc3ncc4c(n3)N(C)C(c3ccccc3C)CO4)cc2)cn1. The van der Waals surface area contributed by atoms with E-state index < -0.39 is 0 Å². The number of ether oxygens (including phenoxy) is 1. The second-order valence-corrected chi connectivity index (χ2v) is 7.77. The van der Waals surface area contributed by atoms with Crippen molar-refractivity contribution in [3.8, 4) is 11.4 Å². The Morgan fingerprint density at radius 1 is 1.03 bits per heavy atom. The van der Waals surface area contributed by atoms with Crippen molar-refractivity contribution >= 4 is 17.5 Å². The number of likely N-dealkylation sites (N-methyl/N-ethyl adjacent to an activating group) is 1. The van der Waals surface area contributed by atoms with Gasteiger partial charge in [0, 0.05) is 24.6 Å². The third-order valence-corrected chi connectivity index (χ3v) is 5.62. The number of nitrogens with one attached hydrogen (secondary N) is 1. The lowest BCUT2D eigenvalue weighted by Crippen LogP contribution is -2.34. The van der Waals surface area contributed by atoms with Gasteiger partial charge in [0.25, 0.3) is 0 Å². The molecule has 1 aliphatic rings. The van der Waals surface area contributed by atoms with Gasteiger partial charge < -0.3 is 19.5 Å². The molecule has 31 heavy (non-hydrogen) atoms. The molecule has 0 saturated carbocycles. The van der Waals surface area contributed by atoms with Crippen LogP contribution in [-0.4, -0.2) is 33.2 Å². The van der Waals surface area contributed by atoms with E-state index in [1.54, 1.807) is 6.20 Å². The zero-order valence-corrected chi connectivity index (χ0v) is 17.8. The molecule has 0 fully saturated rings. The molecular formula is C24H24N6O. The summed E-state index contributed by atoms with van der Waals surface area (Å²) in [7, 11) is 2.05. The second kappa shape index (κ2) is 7.75. The van der Waals surface area contributed by atoms with E-state index in [0.717, 1.165) is 22.9 Å². The molecule has 0 radical (unpaired) electrons. The summed E-state index contributed by atoms with van der Waals surface area (Å²) in [5.41, 5.74) is 5.43. The average molecular weight is 412 g/mol. The van der Waals surface area contributed by atoms with Gasteiger partial charge in [-0.1, -0.05) is 24.3 Å². The summed E-state index contributed by atoms with van der Waals surface area (Å²) in [6.45, 7) is 4.67. The Bertz CT molecular complexity index is 1220. The van der Waals surface area contributed by atoms with Gasteiger partial charge in [-0.2, -0.15) is 4.98 Å². The van der Waals surface area contributed by atoms with Crippen LogP contribution in [0.1, 0.15) is 22.9 Å². The van der Waals surface area contributed by atoms with E-state index in [2.05, 4.69) is 58.4 Å². The van der Waals surface area contributed by atoms with E-state index in [4.69, 9.17) is 9.72 Å². The third-order valence-electron chi connectivity index (χ3n) is 5.62. The van der Waals surface area contributed by atoms with Crippen LogP contribution < -0.4 is 15.0 Å². The van der Waals surface area contributed by atoms with Crippen LogP contribution in [0, 0.1) is 13.8 Å². The van der Waals surface area contributed by atoms with Crippen molar-refractivity contribution in [1.29, 1.82) is 0 Å². The molecule has 4 aromatic rings.